The average Bonchev–Trinajstić information content (AvgIpc) is 2.35. The lowest BCUT2D eigenvalue weighted by atomic mass is 10.1. The molecule has 0 aliphatic carbocycles. The number of nitro benzene ring substituents is 1. The fraction of sp³-hybridized carbons (Fsp3) is 0.500. The first-order valence-corrected chi connectivity index (χ1v) is 6.92. The molecule has 0 saturated heterocycles. The molecule has 0 aromatic heterocycles. The Hall–Kier alpha value is -2.32. The first kappa shape index (κ1) is 18.7. The molecule has 0 radical (unpaired) electrons. The van der Waals surface area contributed by atoms with E-state index >= 15 is 0 Å². The molecule has 9 heteroatoms. The Morgan fingerprint density at radius 2 is 1.91 bits per heavy atom. The lowest BCUT2D eigenvalue weighted by molar-refractivity contribution is -0.388. The highest BCUT2D eigenvalue weighted by atomic mass is 19.4. The minimum absolute atomic E-state index is 0.0362. The van der Waals surface area contributed by atoms with Crippen LogP contribution in [0.5, 0.6) is 0 Å². The fourth-order valence-corrected chi connectivity index (χ4v) is 2.01. The third kappa shape index (κ3) is 5.76. The molecule has 1 unspecified atom stereocenters. The highest BCUT2D eigenvalue weighted by Crippen LogP contribution is 2.37. The predicted octanol–water partition coefficient (Wildman–Crippen LogP) is 3.33. The molecule has 0 saturated carbocycles. The molecular formula is C14H18F3N3O3. The maximum Gasteiger partial charge on any atom is 0.423 e. The van der Waals surface area contributed by atoms with Gasteiger partial charge in [0, 0.05) is 30.3 Å². The lowest BCUT2D eigenvalue weighted by Gasteiger charge is -2.17. The van der Waals surface area contributed by atoms with Crippen LogP contribution in [0.1, 0.15) is 32.8 Å². The largest absolute Gasteiger partial charge is 0.423 e. The van der Waals surface area contributed by atoms with Gasteiger partial charge < -0.3 is 10.6 Å². The smallest absolute Gasteiger partial charge is 0.382 e. The Kier molecular flexibility index (Phi) is 5.94. The summed E-state index contributed by atoms with van der Waals surface area (Å²) in [5.41, 5.74) is -2.27. The van der Waals surface area contributed by atoms with Crippen molar-refractivity contribution in [1.29, 1.82) is 0 Å². The second-order valence-electron chi connectivity index (χ2n) is 5.46. The Balaban J connectivity index is 2.89. The van der Waals surface area contributed by atoms with Gasteiger partial charge in [-0.25, -0.2) is 0 Å². The molecular weight excluding hydrogens is 315 g/mol. The van der Waals surface area contributed by atoms with Crippen LogP contribution < -0.4 is 10.6 Å². The highest BCUT2D eigenvalue weighted by molar-refractivity contribution is 5.77. The van der Waals surface area contributed by atoms with E-state index in [1.54, 1.807) is 20.8 Å². The van der Waals surface area contributed by atoms with E-state index in [9.17, 15) is 28.1 Å². The van der Waals surface area contributed by atoms with Crippen molar-refractivity contribution in [3.05, 3.63) is 33.9 Å². The van der Waals surface area contributed by atoms with Crippen molar-refractivity contribution in [3.63, 3.8) is 0 Å². The summed E-state index contributed by atoms with van der Waals surface area (Å²) < 4.78 is 38.7. The van der Waals surface area contributed by atoms with Gasteiger partial charge in [0.05, 0.1) is 4.92 Å². The van der Waals surface area contributed by atoms with E-state index < -0.39 is 28.4 Å². The molecule has 2 N–H and O–H groups in total. The number of halogens is 3. The van der Waals surface area contributed by atoms with Crippen LogP contribution in [0.4, 0.5) is 24.5 Å². The molecule has 1 aromatic rings. The zero-order valence-corrected chi connectivity index (χ0v) is 12.9. The Bertz CT molecular complexity index is 588. The summed E-state index contributed by atoms with van der Waals surface area (Å²) in [6, 6.07) is 2.19. The van der Waals surface area contributed by atoms with Crippen molar-refractivity contribution in [1.82, 2.24) is 5.32 Å². The van der Waals surface area contributed by atoms with Crippen molar-refractivity contribution in [2.24, 2.45) is 0 Å². The number of amides is 1. The van der Waals surface area contributed by atoms with E-state index in [-0.39, 0.29) is 24.1 Å². The van der Waals surface area contributed by atoms with Crippen LogP contribution in [0.2, 0.25) is 0 Å². The van der Waals surface area contributed by atoms with E-state index in [4.69, 9.17) is 0 Å². The monoisotopic (exact) mass is 333 g/mol. The lowest BCUT2D eigenvalue weighted by Crippen LogP contribution is -2.34. The second-order valence-corrected chi connectivity index (χ2v) is 5.46. The molecule has 1 atom stereocenters. The SMILES string of the molecule is CC(C)NC(=O)CC(C)Nc1ccc([N+](=O)[O-])c(C(F)(F)F)c1. The van der Waals surface area contributed by atoms with Gasteiger partial charge in [0.2, 0.25) is 5.91 Å². The van der Waals surface area contributed by atoms with Crippen LogP contribution in [0, 0.1) is 10.1 Å². The van der Waals surface area contributed by atoms with Crippen LogP contribution in [0.15, 0.2) is 18.2 Å². The summed E-state index contributed by atoms with van der Waals surface area (Å²) in [7, 11) is 0. The van der Waals surface area contributed by atoms with Gasteiger partial charge >= 0.3 is 6.18 Å². The molecule has 0 heterocycles. The molecule has 0 fully saturated rings. The zero-order chi connectivity index (χ0) is 17.8. The van der Waals surface area contributed by atoms with Crippen molar-refractivity contribution >= 4 is 17.3 Å². The molecule has 1 amide bonds. The molecule has 23 heavy (non-hydrogen) atoms. The minimum atomic E-state index is -4.83. The quantitative estimate of drug-likeness (QED) is 0.618. The van der Waals surface area contributed by atoms with Gasteiger partial charge in [-0.05, 0) is 32.9 Å². The number of nitrogens with one attached hydrogen (secondary N) is 2. The molecule has 0 bridgehead atoms. The van der Waals surface area contributed by atoms with Gasteiger partial charge in [-0.15, -0.1) is 0 Å². The van der Waals surface area contributed by atoms with Crippen LogP contribution in [-0.2, 0) is 11.0 Å². The highest BCUT2D eigenvalue weighted by Gasteiger charge is 2.38. The van der Waals surface area contributed by atoms with Crippen molar-refractivity contribution in [3.8, 4) is 0 Å². The Labute approximate surface area is 131 Å². The summed E-state index contributed by atoms with van der Waals surface area (Å²) in [6.45, 7) is 5.22. The molecule has 0 spiro atoms. The van der Waals surface area contributed by atoms with Gasteiger partial charge in [-0.1, -0.05) is 0 Å². The van der Waals surface area contributed by atoms with E-state index in [1.807, 2.05) is 0 Å². The summed E-state index contributed by atoms with van der Waals surface area (Å²) in [4.78, 5) is 21.2. The number of benzene rings is 1. The normalized spacial score (nSPS) is 12.8. The number of nitro groups is 1. The maximum absolute atomic E-state index is 12.9. The number of carbonyl (C=O) groups excluding carboxylic acids is 1. The standard InChI is InChI=1S/C14H18F3N3O3/c1-8(2)18-13(21)6-9(3)19-10-4-5-12(20(22)23)11(7-10)14(15,16)17/h4-5,7-9,19H,6H2,1-3H3,(H,18,21). The average molecular weight is 333 g/mol. The number of rotatable bonds is 6. The molecule has 1 rings (SSSR count). The fourth-order valence-electron chi connectivity index (χ4n) is 2.01. The third-order valence-electron chi connectivity index (χ3n) is 2.85. The van der Waals surface area contributed by atoms with Crippen molar-refractivity contribution in [2.75, 3.05) is 5.32 Å². The minimum Gasteiger partial charge on any atom is -0.382 e. The molecule has 0 aliphatic rings. The number of hydrogen-bond donors (Lipinski definition) is 2. The van der Waals surface area contributed by atoms with Gasteiger partial charge in [-0.2, -0.15) is 13.2 Å². The van der Waals surface area contributed by atoms with Crippen molar-refractivity contribution < 1.29 is 22.9 Å². The second kappa shape index (κ2) is 7.30. The topological polar surface area (TPSA) is 84.3 Å². The number of alkyl halides is 3. The number of carbonyl (C=O) groups is 1. The summed E-state index contributed by atoms with van der Waals surface area (Å²) in [5, 5.41) is 16.1. The van der Waals surface area contributed by atoms with Gasteiger partial charge in [-0.3, -0.25) is 14.9 Å². The van der Waals surface area contributed by atoms with Crippen LogP contribution in [0.3, 0.4) is 0 Å². The third-order valence-corrected chi connectivity index (χ3v) is 2.85. The molecule has 0 aliphatic heterocycles. The summed E-state index contributed by atoms with van der Waals surface area (Å²) >= 11 is 0. The van der Waals surface area contributed by atoms with Gasteiger partial charge in [0.25, 0.3) is 5.69 Å². The Morgan fingerprint density at radius 1 is 1.30 bits per heavy atom. The zero-order valence-electron chi connectivity index (χ0n) is 12.9. The molecule has 6 nitrogen and oxygen atoms in total. The van der Waals surface area contributed by atoms with E-state index in [0.29, 0.717) is 6.07 Å². The number of anilines is 1. The van der Waals surface area contributed by atoms with Crippen LogP contribution in [-0.4, -0.2) is 22.9 Å². The van der Waals surface area contributed by atoms with Crippen molar-refractivity contribution in [2.45, 2.75) is 45.5 Å². The van der Waals surface area contributed by atoms with Crippen LogP contribution in [0.25, 0.3) is 0 Å². The number of hydrogen-bond acceptors (Lipinski definition) is 4. The van der Waals surface area contributed by atoms with Gasteiger partial charge in [0.1, 0.15) is 5.56 Å². The maximum atomic E-state index is 12.9. The number of nitrogens with zero attached hydrogens (tertiary/aromatic N) is 1. The first-order valence-electron chi connectivity index (χ1n) is 6.92. The van der Waals surface area contributed by atoms with E-state index in [0.717, 1.165) is 6.07 Å². The van der Waals surface area contributed by atoms with Gasteiger partial charge in [0.15, 0.2) is 0 Å². The first-order chi connectivity index (χ1) is 10.5. The Morgan fingerprint density at radius 3 is 2.39 bits per heavy atom. The van der Waals surface area contributed by atoms with E-state index in [1.165, 1.54) is 6.07 Å². The van der Waals surface area contributed by atoms with E-state index in [2.05, 4.69) is 10.6 Å². The summed E-state index contributed by atoms with van der Waals surface area (Å²) in [6.07, 6.45) is -4.77. The summed E-state index contributed by atoms with van der Waals surface area (Å²) in [5.74, 6) is -0.238. The molecule has 1 aromatic carbocycles. The van der Waals surface area contributed by atoms with Crippen LogP contribution >= 0.6 is 0 Å². The molecule has 128 valence electrons. The predicted molar refractivity (Wildman–Crippen MR) is 79.1 cm³/mol.